The van der Waals surface area contributed by atoms with Crippen molar-refractivity contribution in [1.82, 2.24) is 4.98 Å². The van der Waals surface area contributed by atoms with E-state index < -0.39 is 28.9 Å². The van der Waals surface area contributed by atoms with Crippen LogP contribution >= 0.6 is 11.8 Å². The van der Waals surface area contributed by atoms with Crippen LogP contribution in [0.4, 0.5) is 18.9 Å². The number of thioether (sulfide) groups is 1. The number of nitrogens with two attached hydrogens (primary N) is 1. The van der Waals surface area contributed by atoms with Gasteiger partial charge in [0.05, 0.1) is 11.7 Å². The smallest absolute Gasteiger partial charge is 0.274 e. The number of nitrogens with one attached hydrogen (secondary N) is 1. The molecule has 1 aromatic carbocycles. The van der Waals surface area contributed by atoms with Crippen molar-refractivity contribution in [2.24, 2.45) is 16.6 Å². The lowest BCUT2D eigenvalue weighted by molar-refractivity contribution is 0.102. The number of aliphatic imine (C=N–C) groups is 1. The van der Waals surface area contributed by atoms with E-state index in [9.17, 15) is 18.0 Å². The van der Waals surface area contributed by atoms with E-state index in [0.29, 0.717) is 17.3 Å². The molecule has 5 nitrogen and oxygen atoms in total. The highest BCUT2D eigenvalue weighted by Crippen LogP contribution is 2.50. The minimum absolute atomic E-state index is 0.0344. The van der Waals surface area contributed by atoms with E-state index >= 15 is 0 Å². The number of hydrogen-bond donors (Lipinski definition) is 2. The van der Waals surface area contributed by atoms with Crippen molar-refractivity contribution >= 4 is 28.5 Å². The molecule has 0 radical (unpaired) electrons. The monoisotopic (exact) mass is 420 g/mol. The summed E-state index contributed by atoms with van der Waals surface area (Å²) in [5, 5.41) is 2.87. The van der Waals surface area contributed by atoms with Crippen molar-refractivity contribution in [3.63, 3.8) is 0 Å². The normalized spacial score (nSPS) is 23.8. The summed E-state index contributed by atoms with van der Waals surface area (Å²) in [6, 6.07) is 4.65. The van der Waals surface area contributed by atoms with E-state index in [2.05, 4.69) is 15.3 Å². The first-order valence-corrected chi connectivity index (χ1v) is 10.3. The van der Waals surface area contributed by atoms with Crippen LogP contribution in [-0.4, -0.2) is 21.8 Å². The fraction of sp³-hybridized carbons (Fsp3) is 0.350. The van der Waals surface area contributed by atoms with E-state index in [1.165, 1.54) is 23.9 Å². The van der Waals surface area contributed by atoms with Gasteiger partial charge in [0.15, 0.2) is 16.8 Å². The van der Waals surface area contributed by atoms with Crippen molar-refractivity contribution < 1.29 is 18.0 Å². The van der Waals surface area contributed by atoms with Crippen molar-refractivity contribution in [2.75, 3.05) is 11.1 Å². The number of nitrogens with zero attached hydrogens (tertiary/aromatic N) is 2. The largest absolute Gasteiger partial charge is 0.379 e. The molecule has 2 atom stereocenters. The Morgan fingerprint density at radius 1 is 1.24 bits per heavy atom. The van der Waals surface area contributed by atoms with Gasteiger partial charge in [0.25, 0.3) is 5.91 Å². The molecule has 2 unspecified atom stereocenters. The topological polar surface area (TPSA) is 80.4 Å². The Morgan fingerprint density at radius 3 is 2.83 bits per heavy atom. The first-order chi connectivity index (χ1) is 13.9. The van der Waals surface area contributed by atoms with Crippen molar-refractivity contribution in [1.29, 1.82) is 0 Å². The predicted molar refractivity (Wildman–Crippen MR) is 106 cm³/mol. The second kappa shape index (κ2) is 7.70. The Morgan fingerprint density at radius 2 is 2.07 bits per heavy atom. The summed E-state index contributed by atoms with van der Waals surface area (Å²) >= 11 is 1.42. The zero-order valence-corrected chi connectivity index (χ0v) is 16.2. The minimum Gasteiger partial charge on any atom is -0.379 e. The van der Waals surface area contributed by atoms with Gasteiger partial charge in [-0.05, 0) is 37.0 Å². The lowest BCUT2D eigenvalue weighted by Crippen LogP contribution is -2.43. The molecule has 9 heteroatoms. The molecule has 1 aliphatic heterocycles. The molecule has 2 heterocycles. The molecule has 0 bridgehead atoms. The lowest BCUT2D eigenvalue weighted by Gasteiger charge is -2.44. The maximum absolute atomic E-state index is 14.9. The summed E-state index contributed by atoms with van der Waals surface area (Å²) in [6.45, 7) is 0. The molecular weight excluding hydrogens is 401 g/mol. The average molecular weight is 420 g/mol. The van der Waals surface area contributed by atoms with Gasteiger partial charge < -0.3 is 11.1 Å². The molecule has 1 aliphatic carbocycles. The van der Waals surface area contributed by atoms with Gasteiger partial charge in [0, 0.05) is 23.1 Å². The highest BCUT2D eigenvalue weighted by molar-refractivity contribution is 8.13. The Kier molecular flexibility index (Phi) is 5.24. The van der Waals surface area contributed by atoms with Gasteiger partial charge in [-0.1, -0.05) is 24.6 Å². The molecule has 1 aromatic heterocycles. The number of aromatic nitrogens is 1. The fourth-order valence-corrected chi connectivity index (χ4v) is 5.15. The summed E-state index contributed by atoms with van der Waals surface area (Å²) in [4.78, 5) is 20.7. The van der Waals surface area contributed by atoms with Crippen LogP contribution in [0.1, 0.15) is 41.7 Å². The maximum atomic E-state index is 14.9. The summed E-state index contributed by atoms with van der Waals surface area (Å²) in [5.41, 5.74) is 5.16. The minimum atomic E-state index is -1.07. The molecule has 1 amide bonds. The molecule has 0 saturated heterocycles. The summed E-state index contributed by atoms with van der Waals surface area (Å²) in [6.07, 6.45) is 4.15. The number of carbonyl (C=O) groups excluding carboxylic acids is 1. The van der Waals surface area contributed by atoms with Gasteiger partial charge in [0.1, 0.15) is 11.5 Å². The average Bonchev–Trinajstić information content (AvgIpc) is 2.70. The van der Waals surface area contributed by atoms with Crippen molar-refractivity contribution in [3.8, 4) is 0 Å². The highest BCUT2D eigenvalue weighted by Gasteiger charge is 2.46. The van der Waals surface area contributed by atoms with Gasteiger partial charge in [-0.15, -0.1) is 0 Å². The van der Waals surface area contributed by atoms with Gasteiger partial charge in [-0.3, -0.25) is 9.79 Å². The number of anilines is 1. The molecule has 1 fully saturated rings. The van der Waals surface area contributed by atoms with E-state index in [1.807, 2.05) is 0 Å². The third-order valence-electron chi connectivity index (χ3n) is 5.49. The number of pyridine rings is 1. The van der Waals surface area contributed by atoms with E-state index in [0.717, 1.165) is 37.6 Å². The third kappa shape index (κ3) is 3.71. The molecule has 1 saturated carbocycles. The lowest BCUT2D eigenvalue weighted by atomic mass is 9.69. The standard InChI is InChI=1S/C20H19F3N4OS/c21-12-4-5-16(25-9-12)18(28)26-13-7-14(17(23)15(22)8-13)20-6-2-1-3-11(20)10-29-19(24)27-20/h4-5,7-9,11H,1-3,6,10H2,(H2,24,27)(H,26,28). The molecule has 0 spiro atoms. The molecular formula is C20H19F3N4OS. The Hall–Kier alpha value is -2.55. The second-order valence-electron chi connectivity index (χ2n) is 7.26. The molecule has 2 aliphatic rings. The zero-order chi connectivity index (χ0) is 20.6. The van der Waals surface area contributed by atoms with Crippen LogP contribution in [0.15, 0.2) is 35.5 Å². The van der Waals surface area contributed by atoms with Gasteiger partial charge in [-0.2, -0.15) is 0 Å². The number of amidine groups is 1. The van der Waals surface area contributed by atoms with Crippen LogP contribution in [0.2, 0.25) is 0 Å². The van der Waals surface area contributed by atoms with Gasteiger partial charge in [0.2, 0.25) is 0 Å². The predicted octanol–water partition coefficient (Wildman–Crippen LogP) is 4.20. The summed E-state index contributed by atoms with van der Waals surface area (Å²) in [5.74, 6) is -2.56. The van der Waals surface area contributed by atoms with Crippen LogP contribution in [0.25, 0.3) is 0 Å². The zero-order valence-electron chi connectivity index (χ0n) is 15.4. The summed E-state index contributed by atoms with van der Waals surface area (Å²) < 4.78 is 42.4. The maximum Gasteiger partial charge on any atom is 0.274 e. The van der Waals surface area contributed by atoms with Crippen LogP contribution in [0.3, 0.4) is 0 Å². The number of rotatable bonds is 3. The van der Waals surface area contributed by atoms with Crippen LogP contribution < -0.4 is 11.1 Å². The Bertz CT molecular complexity index is 982. The first-order valence-electron chi connectivity index (χ1n) is 9.29. The molecule has 4 rings (SSSR count). The third-order valence-corrected chi connectivity index (χ3v) is 6.45. The van der Waals surface area contributed by atoms with Crippen LogP contribution in [-0.2, 0) is 5.54 Å². The van der Waals surface area contributed by atoms with E-state index in [-0.39, 0.29) is 22.9 Å². The Labute approximate surface area is 170 Å². The fourth-order valence-electron chi connectivity index (χ4n) is 4.11. The SMILES string of the molecule is NC1=NC2(c3cc(NC(=O)c4ccc(F)cn4)cc(F)c3F)CCCCC2CS1. The van der Waals surface area contributed by atoms with Crippen molar-refractivity contribution in [3.05, 3.63) is 59.2 Å². The molecule has 2 aromatic rings. The second-order valence-corrected chi connectivity index (χ2v) is 8.30. The van der Waals surface area contributed by atoms with Crippen LogP contribution in [0, 0.1) is 23.4 Å². The van der Waals surface area contributed by atoms with Gasteiger partial charge in [-0.25, -0.2) is 18.2 Å². The van der Waals surface area contributed by atoms with E-state index in [4.69, 9.17) is 5.73 Å². The van der Waals surface area contributed by atoms with Crippen molar-refractivity contribution in [2.45, 2.75) is 31.2 Å². The number of benzene rings is 1. The molecule has 29 heavy (non-hydrogen) atoms. The highest BCUT2D eigenvalue weighted by atomic mass is 32.2. The quantitative estimate of drug-likeness (QED) is 0.780. The number of amides is 1. The van der Waals surface area contributed by atoms with Gasteiger partial charge >= 0.3 is 0 Å². The Balaban J connectivity index is 1.73. The summed E-state index contributed by atoms with van der Waals surface area (Å²) in [7, 11) is 0. The van der Waals surface area contributed by atoms with E-state index in [1.54, 1.807) is 0 Å². The number of halogens is 3. The van der Waals surface area contributed by atoms with Crippen LogP contribution in [0.5, 0.6) is 0 Å². The molecule has 152 valence electrons. The number of hydrogen-bond acceptors (Lipinski definition) is 5. The molecule has 3 N–H and O–H groups in total. The number of fused-ring (bicyclic) bond motifs is 1. The number of carbonyl (C=O) groups is 1. The first kappa shape index (κ1) is 19.8.